The second-order valence-electron chi connectivity index (χ2n) is 4.97. The van der Waals surface area contributed by atoms with Crippen molar-refractivity contribution >= 4 is 0 Å². The summed E-state index contributed by atoms with van der Waals surface area (Å²) in [5.41, 5.74) is 0. The third-order valence-corrected chi connectivity index (χ3v) is 3.75. The minimum atomic E-state index is -1.15. The minimum Gasteiger partial charge on any atom is -0.333 e. The van der Waals surface area contributed by atoms with E-state index in [1.165, 1.54) is 19.3 Å². The van der Waals surface area contributed by atoms with Crippen LogP contribution in [-0.2, 0) is 4.74 Å². The molecule has 0 spiro atoms. The van der Waals surface area contributed by atoms with Crippen LogP contribution in [0.3, 0.4) is 0 Å². The number of halogens is 1. The van der Waals surface area contributed by atoms with Crippen LogP contribution in [0.2, 0.25) is 0 Å². The number of alkyl halides is 1. The zero-order valence-electron chi connectivity index (χ0n) is 9.62. The molecular weight excluding hydrogens is 193 g/mol. The summed E-state index contributed by atoms with van der Waals surface area (Å²) in [7, 11) is 0. The fourth-order valence-electron chi connectivity index (χ4n) is 2.66. The molecule has 2 fully saturated rings. The zero-order chi connectivity index (χ0) is 10.7. The molecule has 1 saturated heterocycles. The van der Waals surface area contributed by atoms with E-state index in [1.54, 1.807) is 0 Å². The summed E-state index contributed by atoms with van der Waals surface area (Å²) in [6.45, 7) is 2.75. The van der Waals surface area contributed by atoms with Gasteiger partial charge in [0.15, 0.2) is 0 Å². The van der Waals surface area contributed by atoms with Crippen molar-refractivity contribution in [3.8, 4) is 0 Å². The van der Waals surface area contributed by atoms with Crippen molar-refractivity contribution in [3.05, 3.63) is 0 Å². The van der Waals surface area contributed by atoms with Crippen molar-refractivity contribution in [2.75, 3.05) is 13.1 Å². The molecule has 0 amide bonds. The number of nitrogens with zero attached hydrogens (tertiary/aromatic N) is 1. The van der Waals surface area contributed by atoms with E-state index < -0.39 is 6.48 Å². The van der Waals surface area contributed by atoms with E-state index in [-0.39, 0.29) is 6.10 Å². The summed E-state index contributed by atoms with van der Waals surface area (Å²) in [5, 5.41) is 0. The van der Waals surface area contributed by atoms with Gasteiger partial charge >= 0.3 is 0 Å². The van der Waals surface area contributed by atoms with Gasteiger partial charge in [-0.15, -0.1) is 0 Å². The SMILES string of the molecule is C[C@H]1CCCC[C@@H]1O[C@@H](F)N1CCCC1. The van der Waals surface area contributed by atoms with Gasteiger partial charge in [-0.25, -0.2) is 0 Å². The van der Waals surface area contributed by atoms with E-state index in [0.717, 1.165) is 32.4 Å². The molecule has 0 radical (unpaired) electrons. The first-order chi connectivity index (χ1) is 7.27. The lowest BCUT2D eigenvalue weighted by Crippen LogP contribution is -2.37. The molecule has 2 rings (SSSR count). The van der Waals surface area contributed by atoms with Gasteiger partial charge in [-0.3, -0.25) is 4.90 Å². The van der Waals surface area contributed by atoms with E-state index >= 15 is 0 Å². The van der Waals surface area contributed by atoms with Gasteiger partial charge < -0.3 is 4.74 Å². The van der Waals surface area contributed by atoms with E-state index in [1.807, 2.05) is 4.90 Å². The van der Waals surface area contributed by atoms with Crippen LogP contribution in [0, 0.1) is 5.92 Å². The highest BCUT2D eigenvalue weighted by molar-refractivity contribution is 4.74. The topological polar surface area (TPSA) is 12.5 Å². The monoisotopic (exact) mass is 215 g/mol. The summed E-state index contributed by atoms with van der Waals surface area (Å²) in [6.07, 6.45) is 7.08. The molecule has 2 nitrogen and oxygen atoms in total. The van der Waals surface area contributed by atoms with Gasteiger partial charge in [-0.2, -0.15) is 4.39 Å². The quantitative estimate of drug-likeness (QED) is 0.671. The Morgan fingerprint density at radius 3 is 2.47 bits per heavy atom. The Morgan fingerprint density at radius 1 is 1.13 bits per heavy atom. The van der Waals surface area contributed by atoms with Crippen LogP contribution < -0.4 is 0 Å². The molecule has 0 aromatic rings. The van der Waals surface area contributed by atoms with Crippen LogP contribution >= 0.6 is 0 Å². The average molecular weight is 215 g/mol. The first-order valence-corrected chi connectivity index (χ1v) is 6.31. The largest absolute Gasteiger partial charge is 0.333 e. The van der Waals surface area contributed by atoms with Crippen LogP contribution in [0.1, 0.15) is 45.4 Å². The molecule has 0 aromatic carbocycles. The highest BCUT2D eigenvalue weighted by Crippen LogP contribution is 2.28. The number of hydrogen-bond donors (Lipinski definition) is 0. The summed E-state index contributed by atoms with van der Waals surface area (Å²) in [6, 6.07) is 0. The summed E-state index contributed by atoms with van der Waals surface area (Å²) in [5.74, 6) is 0.527. The molecule has 0 unspecified atom stereocenters. The Labute approximate surface area is 91.8 Å². The van der Waals surface area contributed by atoms with E-state index in [4.69, 9.17) is 4.74 Å². The molecule has 88 valence electrons. The predicted molar refractivity (Wildman–Crippen MR) is 58.2 cm³/mol. The third-order valence-electron chi connectivity index (χ3n) is 3.75. The van der Waals surface area contributed by atoms with E-state index in [2.05, 4.69) is 6.92 Å². The molecule has 1 saturated carbocycles. The van der Waals surface area contributed by atoms with Crippen LogP contribution in [0.15, 0.2) is 0 Å². The van der Waals surface area contributed by atoms with Crippen molar-refractivity contribution in [2.45, 2.75) is 58.0 Å². The molecule has 1 heterocycles. The van der Waals surface area contributed by atoms with Gasteiger partial charge in [-0.1, -0.05) is 19.8 Å². The lowest BCUT2D eigenvalue weighted by molar-refractivity contribution is -0.183. The number of likely N-dealkylation sites (tertiary alicyclic amines) is 1. The van der Waals surface area contributed by atoms with Crippen molar-refractivity contribution < 1.29 is 9.13 Å². The van der Waals surface area contributed by atoms with Gasteiger partial charge in [-0.05, 0) is 31.6 Å². The Morgan fingerprint density at radius 2 is 1.80 bits per heavy atom. The second kappa shape index (κ2) is 5.26. The van der Waals surface area contributed by atoms with Crippen molar-refractivity contribution in [1.29, 1.82) is 0 Å². The third kappa shape index (κ3) is 2.91. The molecule has 0 bridgehead atoms. The minimum absolute atomic E-state index is 0.148. The zero-order valence-corrected chi connectivity index (χ0v) is 9.62. The van der Waals surface area contributed by atoms with Crippen LogP contribution in [0.5, 0.6) is 0 Å². The maximum Gasteiger partial charge on any atom is 0.258 e. The van der Waals surface area contributed by atoms with Gasteiger partial charge in [0.1, 0.15) is 0 Å². The Balaban J connectivity index is 1.78. The van der Waals surface area contributed by atoms with Crippen LogP contribution in [-0.4, -0.2) is 30.6 Å². The Bertz CT molecular complexity index is 194. The highest BCUT2D eigenvalue weighted by Gasteiger charge is 2.29. The number of ether oxygens (including phenoxy) is 1. The molecule has 15 heavy (non-hydrogen) atoms. The van der Waals surface area contributed by atoms with Crippen molar-refractivity contribution in [1.82, 2.24) is 4.90 Å². The summed E-state index contributed by atoms with van der Waals surface area (Å²) >= 11 is 0. The van der Waals surface area contributed by atoms with E-state index in [9.17, 15) is 4.39 Å². The maximum atomic E-state index is 13.8. The molecule has 0 aromatic heterocycles. The molecule has 1 aliphatic carbocycles. The molecule has 3 heteroatoms. The Hall–Kier alpha value is -0.150. The van der Waals surface area contributed by atoms with Crippen LogP contribution in [0.4, 0.5) is 4.39 Å². The lowest BCUT2D eigenvalue weighted by atomic mass is 9.88. The van der Waals surface area contributed by atoms with Gasteiger partial charge in [0.2, 0.25) is 0 Å². The van der Waals surface area contributed by atoms with Gasteiger partial charge in [0.05, 0.1) is 6.10 Å². The number of rotatable bonds is 3. The fraction of sp³-hybridized carbons (Fsp3) is 1.00. The summed E-state index contributed by atoms with van der Waals surface area (Å²) in [4.78, 5) is 1.82. The molecule has 0 N–H and O–H groups in total. The average Bonchev–Trinajstić information content (AvgIpc) is 2.74. The van der Waals surface area contributed by atoms with Crippen molar-refractivity contribution in [3.63, 3.8) is 0 Å². The lowest BCUT2D eigenvalue weighted by Gasteiger charge is -2.32. The highest BCUT2D eigenvalue weighted by atomic mass is 19.1. The predicted octanol–water partition coefficient (Wildman–Crippen LogP) is 2.93. The molecular formula is C12H22FNO. The molecule has 3 atom stereocenters. The normalized spacial score (nSPS) is 35.6. The Kier molecular flexibility index (Phi) is 3.98. The molecule has 2 aliphatic rings. The standard InChI is InChI=1S/C12H22FNO/c1-10-6-2-3-7-11(10)15-12(13)14-8-4-5-9-14/h10-12H,2-9H2,1H3/t10-,11-,12-/m0/s1. The van der Waals surface area contributed by atoms with Crippen molar-refractivity contribution in [2.24, 2.45) is 5.92 Å². The summed E-state index contributed by atoms with van der Waals surface area (Å²) < 4.78 is 19.3. The van der Waals surface area contributed by atoms with E-state index in [0.29, 0.717) is 5.92 Å². The smallest absolute Gasteiger partial charge is 0.258 e. The second-order valence-corrected chi connectivity index (χ2v) is 4.97. The molecule has 1 aliphatic heterocycles. The first-order valence-electron chi connectivity index (χ1n) is 6.31. The van der Waals surface area contributed by atoms with Gasteiger partial charge in [0.25, 0.3) is 6.48 Å². The maximum absolute atomic E-state index is 13.8. The fourth-order valence-corrected chi connectivity index (χ4v) is 2.66. The van der Waals surface area contributed by atoms with Crippen LogP contribution in [0.25, 0.3) is 0 Å². The van der Waals surface area contributed by atoms with Gasteiger partial charge in [0, 0.05) is 13.1 Å². The number of hydrogen-bond acceptors (Lipinski definition) is 2. The first kappa shape index (κ1) is 11.3.